The summed E-state index contributed by atoms with van der Waals surface area (Å²) in [6.07, 6.45) is 1.78. The Morgan fingerprint density at radius 3 is 1.73 bits per heavy atom. The van der Waals surface area contributed by atoms with E-state index in [1.165, 1.54) is 39.1 Å². The molecule has 0 bridgehead atoms. The predicted molar refractivity (Wildman–Crippen MR) is 187 cm³/mol. The number of allylic oxidation sites excluding steroid dienone is 1. The molecule has 0 atom stereocenters. The SMILES string of the molecule is CC(C)c1cccc(C(C)C)c1-c1ccc2c(c1)C(C)(C)c1cc(C=C3C(=O)c4cc5ccccc5cc4C3=O)ccc1N2C. The quantitative estimate of drug-likeness (QED) is 0.155. The van der Waals surface area contributed by atoms with Crippen molar-refractivity contribution in [2.24, 2.45) is 0 Å². The highest BCUT2D eigenvalue weighted by atomic mass is 16.2. The Hall–Kier alpha value is -4.76. The largest absolute Gasteiger partial charge is 0.344 e. The zero-order valence-corrected chi connectivity index (χ0v) is 27.2. The fourth-order valence-electron chi connectivity index (χ4n) is 7.39. The van der Waals surface area contributed by atoms with E-state index in [-0.39, 0.29) is 22.6 Å². The third kappa shape index (κ3) is 4.48. The number of hydrogen-bond donors (Lipinski definition) is 0. The van der Waals surface area contributed by atoms with Crippen LogP contribution in [0.5, 0.6) is 0 Å². The molecule has 3 heteroatoms. The first-order valence-corrected chi connectivity index (χ1v) is 16.0. The Morgan fingerprint density at radius 2 is 1.18 bits per heavy atom. The molecule has 0 radical (unpaired) electrons. The van der Waals surface area contributed by atoms with Crippen LogP contribution in [-0.4, -0.2) is 18.6 Å². The molecule has 1 aliphatic carbocycles. The number of benzene rings is 5. The average Bonchev–Trinajstić information content (AvgIpc) is 3.25. The standard InChI is InChI=1S/C42H39NO2/c1-24(2)30-13-10-14-31(25(3)4)39(30)29-16-18-38-36(23-29)42(5,6)35-20-26(15-17-37(35)43(38)7)19-34-40(44)32-21-27-11-8-9-12-28(27)22-33(32)41(34)45/h8-25H,1-7H3. The highest BCUT2D eigenvalue weighted by Crippen LogP contribution is 2.50. The summed E-state index contributed by atoms with van der Waals surface area (Å²) in [5.74, 6) is 0.420. The van der Waals surface area contributed by atoms with Gasteiger partial charge in [-0.15, -0.1) is 0 Å². The van der Waals surface area contributed by atoms with E-state index in [9.17, 15) is 9.59 Å². The van der Waals surface area contributed by atoms with Crippen LogP contribution in [0.1, 0.15) is 102 Å². The molecule has 0 N–H and O–H groups in total. The third-order valence-corrected chi connectivity index (χ3v) is 9.92. The molecule has 1 heterocycles. The number of hydrogen-bond acceptors (Lipinski definition) is 3. The molecule has 0 aromatic heterocycles. The number of nitrogens with zero attached hydrogens (tertiary/aromatic N) is 1. The summed E-state index contributed by atoms with van der Waals surface area (Å²) in [4.78, 5) is 29.3. The van der Waals surface area contributed by atoms with Crippen LogP contribution in [0.3, 0.4) is 0 Å². The highest BCUT2D eigenvalue weighted by molar-refractivity contribution is 6.42. The smallest absolute Gasteiger partial charge is 0.197 e. The van der Waals surface area contributed by atoms with E-state index >= 15 is 0 Å². The normalized spacial score (nSPS) is 15.1. The summed E-state index contributed by atoms with van der Waals surface area (Å²) in [7, 11) is 2.12. The van der Waals surface area contributed by atoms with Gasteiger partial charge < -0.3 is 4.90 Å². The number of fused-ring (bicyclic) bond motifs is 4. The zero-order valence-electron chi connectivity index (χ0n) is 27.2. The fraction of sp³-hybridized carbons (Fsp3) is 0.238. The number of rotatable bonds is 4. The van der Waals surface area contributed by atoms with Crippen molar-refractivity contribution >= 4 is 39.8 Å². The first kappa shape index (κ1) is 29.0. The topological polar surface area (TPSA) is 37.4 Å². The fourth-order valence-corrected chi connectivity index (χ4v) is 7.39. The van der Waals surface area contributed by atoms with Gasteiger partial charge in [-0.05, 0) is 104 Å². The van der Waals surface area contributed by atoms with Crippen molar-refractivity contribution in [1.29, 1.82) is 0 Å². The van der Waals surface area contributed by atoms with Crippen LogP contribution in [0.15, 0.2) is 96.6 Å². The van der Waals surface area contributed by atoms with Gasteiger partial charge in [0.05, 0.1) is 5.57 Å². The van der Waals surface area contributed by atoms with Crippen LogP contribution in [-0.2, 0) is 5.41 Å². The minimum Gasteiger partial charge on any atom is -0.344 e. The van der Waals surface area contributed by atoms with E-state index in [0.717, 1.165) is 22.0 Å². The van der Waals surface area contributed by atoms with Gasteiger partial charge in [-0.1, -0.05) is 96.1 Å². The summed E-state index contributed by atoms with van der Waals surface area (Å²) < 4.78 is 0. The van der Waals surface area contributed by atoms with Gasteiger partial charge in [-0.25, -0.2) is 0 Å². The number of Topliss-reactive ketones (excluding diaryl/α,β-unsaturated/α-hetero) is 2. The molecule has 7 rings (SSSR count). The van der Waals surface area contributed by atoms with Crippen LogP contribution in [0, 0.1) is 0 Å². The zero-order chi connectivity index (χ0) is 31.8. The third-order valence-electron chi connectivity index (χ3n) is 9.92. The molecule has 2 aliphatic rings. The molecule has 45 heavy (non-hydrogen) atoms. The van der Waals surface area contributed by atoms with Crippen molar-refractivity contribution in [1.82, 2.24) is 0 Å². The molecule has 5 aromatic carbocycles. The lowest BCUT2D eigenvalue weighted by atomic mass is 9.72. The first-order chi connectivity index (χ1) is 21.5. The number of anilines is 2. The maximum atomic E-state index is 13.5. The molecule has 0 saturated heterocycles. The Labute approximate surface area is 266 Å². The number of ketones is 2. The Kier molecular flexibility index (Phi) is 6.70. The summed E-state index contributed by atoms with van der Waals surface area (Å²) in [6.45, 7) is 13.6. The minimum absolute atomic E-state index is 0.199. The highest BCUT2D eigenvalue weighted by Gasteiger charge is 2.37. The Bertz CT molecular complexity index is 2010. The summed E-state index contributed by atoms with van der Waals surface area (Å²) in [6, 6.07) is 31.5. The second-order valence-electron chi connectivity index (χ2n) is 13.8. The lowest BCUT2D eigenvalue weighted by Crippen LogP contribution is -2.31. The lowest BCUT2D eigenvalue weighted by molar-refractivity contribution is 0.0990. The predicted octanol–water partition coefficient (Wildman–Crippen LogP) is 10.6. The molecule has 0 saturated carbocycles. The number of carbonyl (C=O) groups excluding carboxylic acids is 2. The van der Waals surface area contributed by atoms with Gasteiger partial charge in [0.2, 0.25) is 0 Å². The van der Waals surface area contributed by atoms with Gasteiger partial charge >= 0.3 is 0 Å². The van der Waals surface area contributed by atoms with Gasteiger partial charge in [0.15, 0.2) is 11.6 Å². The molecule has 0 fully saturated rings. The van der Waals surface area contributed by atoms with Crippen LogP contribution < -0.4 is 4.90 Å². The van der Waals surface area contributed by atoms with E-state index in [0.29, 0.717) is 23.0 Å². The summed E-state index contributed by atoms with van der Waals surface area (Å²) in [5.41, 5.74) is 11.9. The van der Waals surface area contributed by atoms with Crippen molar-refractivity contribution in [3.8, 4) is 11.1 Å². The number of carbonyl (C=O) groups is 2. The van der Waals surface area contributed by atoms with Gasteiger partial charge in [0.1, 0.15) is 0 Å². The molecule has 0 amide bonds. The molecular formula is C42H39NO2. The van der Waals surface area contributed by atoms with Gasteiger partial charge in [0.25, 0.3) is 0 Å². The van der Waals surface area contributed by atoms with Crippen LogP contribution in [0.4, 0.5) is 11.4 Å². The van der Waals surface area contributed by atoms with Crippen LogP contribution in [0.2, 0.25) is 0 Å². The maximum Gasteiger partial charge on any atom is 0.197 e. The Balaban J connectivity index is 1.32. The molecular weight excluding hydrogens is 550 g/mol. The van der Waals surface area contributed by atoms with Crippen molar-refractivity contribution in [3.05, 3.63) is 136 Å². The van der Waals surface area contributed by atoms with Gasteiger partial charge in [-0.2, -0.15) is 0 Å². The van der Waals surface area contributed by atoms with E-state index in [1.54, 1.807) is 6.08 Å². The summed E-state index contributed by atoms with van der Waals surface area (Å²) >= 11 is 0. The lowest BCUT2D eigenvalue weighted by Gasteiger charge is -2.41. The average molecular weight is 590 g/mol. The molecule has 3 nitrogen and oxygen atoms in total. The van der Waals surface area contributed by atoms with E-state index < -0.39 is 0 Å². The van der Waals surface area contributed by atoms with Crippen molar-refractivity contribution < 1.29 is 9.59 Å². The summed E-state index contributed by atoms with van der Waals surface area (Å²) in [5, 5.41) is 1.93. The maximum absolute atomic E-state index is 13.5. The van der Waals surface area contributed by atoms with Crippen molar-refractivity contribution in [2.45, 2.75) is 58.8 Å². The van der Waals surface area contributed by atoms with Gasteiger partial charge in [0, 0.05) is 35.0 Å². The molecule has 1 aliphatic heterocycles. The van der Waals surface area contributed by atoms with Crippen molar-refractivity contribution in [2.75, 3.05) is 11.9 Å². The van der Waals surface area contributed by atoms with Crippen LogP contribution in [0.25, 0.3) is 28.0 Å². The second kappa shape index (κ2) is 10.4. The van der Waals surface area contributed by atoms with E-state index in [2.05, 4.69) is 102 Å². The first-order valence-electron chi connectivity index (χ1n) is 16.0. The minimum atomic E-state index is -0.309. The molecule has 5 aromatic rings. The van der Waals surface area contributed by atoms with Crippen LogP contribution >= 0.6 is 0 Å². The monoisotopic (exact) mass is 589 g/mol. The molecule has 0 spiro atoms. The molecule has 0 unspecified atom stereocenters. The van der Waals surface area contributed by atoms with Crippen molar-refractivity contribution in [3.63, 3.8) is 0 Å². The van der Waals surface area contributed by atoms with E-state index in [4.69, 9.17) is 0 Å². The molecule has 224 valence electrons. The second-order valence-corrected chi connectivity index (χ2v) is 13.8. The Morgan fingerprint density at radius 1 is 0.644 bits per heavy atom. The van der Waals surface area contributed by atoms with E-state index in [1.807, 2.05) is 42.5 Å². The van der Waals surface area contributed by atoms with Gasteiger partial charge in [-0.3, -0.25) is 9.59 Å².